The second-order valence-corrected chi connectivity index (χ2v) is 4.89. The lowest BCUT2D eigenvalue weighted by atomic mass is 9.85. The molecule has 1 aromatic heterocycles. The van der Waals surface area contributed by atoms with E-state index in [-0.39, 0.29) is 12.0 Å². The number of fused-ring (bicyclic) bond motifs is 1. The highest BCUT2D eigenvalue weighted by molar-refractivity contribution is 5.19. The van der Waals surface area contributed by atoms with Crippen molar-refractivity contribution in [3.8, 4) is 0 Å². The van der Waals surface area contributed by atoms with Gasteiger partial charge in [-0.2, -0.15) is 0 Å². The van der Waals surface area contributed by atoms with E-state index >= 15 is 0 Å². The predicted octanol–water partition coefficient (Wildman–Crippen LogP) is 0.167. The third-order valence-corrected chi connectivity index (χ3v) is 3.92. The number of rotatable bonds is 1. The normalized spacial score (nSPS) is 33.9. The molecule has 6 nitrogen and oxygen atoms in total. The molecule has 3 atom stereocenters. The zero-order chi connectivity index (χ0) is 11.1. The summed E-state index contributed by atoms with van der Waals surface area (Å²) in [5, 5.41) is 11.5. The summed E-state index contributed by atoms with van der Waals surface area (Å²) in [6, 6.07) is 0.861. The predicted molar refractivity (Wildman–Crippen MR) is 60.8 cm³/mol. The number of hydrogen-bond acceptors (Lipinski definition) is 5. The average Bonchev–Trinajstić information content (AvgIpc) is 2.84. The molecule has 6 heteroatoms. The van der Waals surface area contributed by atoms with E-state index in [0.717, 1.165) is 18.2 Å². The molecule has 5 N–H and O–H groups in total. The van der Waals surface area contributed by atoms with Gasteiger partial charge in [-0.15, -0.1) is 10.2 Å². The van der Waals surface area contributed by atoms with E-state index in [1.54, 1.807) is 0 Å². The molecule has 1 saturated carbocycles. The van der Waals surface area contributed by atoms with Gasteiger partial charge in [0.05, 0.1) is 6.04 Å². The summed E-state index contributed by atoms with van der Waals surface area (Å²) in [5.41, 5.74) is 5.59. The molecule has 0 radical (unpaired) electrons. The number of hydrogen-bond donors (Lipinski definition) is 3. The van der Waals surface area contributed by atoms with Crippen LogP contribution in [0.1, 0.15) is 44.0 Å². The van der Waals surface area contributed by atoms with Gasteiger partial charge in [-0.25, -0.2) is 4.68 Å². The maximum absolute atomic E-state index is 5.80. The fourth-order valence-corrected chi connectivity index (χ4v) is 3.07. The van der Waals surface area contributed by atoms with Crippen LogP contribution in [0.15, 0.2) is 0 Å². The molecule has 1 aliphatic heterocycles. The molecule has 16 heavy (non-hydrogen) atoms. The summed E-state index contributed by atoms with van der Waals surface area (Å²) in [7, 11) is 0. The first-order valence-corrected chi connectivity index (χ1v) is 5.97. The Labute approximate surface area is 94.4 Å². The van der Waals surface area contributed by atoms with Crippen molar-refractivity contribution in [3.05, 3.63) is 5.82 Å². The van der Waals surface area contributed by atoms with Crippen LogP contribution in [0.25, 0.3) is 0 Å². The number of aromatic nitrogens is 3. The average molecular weight is 222 g/mol. The van der Waals surface area contributed by atoms with Gasteiger partial charge in [0.25, 0.3) is 0 Å². The zero-order valence-electron chi connectivity index (χ0n) is 9.26. The quantitative estimate of drug-likeness (QED) is 0.589. The lowest BCUT2D eigenvalue weighted by Crippen LogP contribution is -2.31. The van der Waals surface area contributed by atoms with Gasteiger partial charge in [0, 0.05) is 6.04 Å². The molecule has 2 fully saturated rings. The first-order valence-electron chi connectivity index (χ1n) is 5.97. The van der Waals surface area contributed by atoms with Gasteiger partial charge in [0.1, 0.15) is 0 Å². The first kappa shape index (κ1) is 9.89. The summed E-state index contributed by atoms with van der Waals surface area (Å²) in [4.78, 5) is 0. The third kappa shape index (κ3) is 1.44. The zero-order valence-corrected chi connectivity index (χ0v) is 9.26. The number of nitrogens with two attached hydrogens (primary N) is 2. The van der Waals surface area contributed by atoms with Crippen molar-refractivity contribution >= 4 is 5.95 Å². The van der Waals surface area contributed by atoms with Crippen molar-refractivity contribution in [2.24, 2.45) is 5.92 Å². The Kier molecular flexibility index (Phi) is 2.24. The number of nitrogens with zero attached hydrogens (tertiary/aromatic N) is 3. The largest absolute Gasteiger partial charge is 0.366 e. The molecule has 2 heterocycles. The van der Waals surface area contributed by atoms with E-state index in [9.17, 15) is 0 Å². The van der Waals surface area contributed by atoms with Gasteiger partial charge in [-0.1, -0.05) is 12.8 Å². The van der Waals surface area contributed by atoms with Gasteiger partial charge in [-0.3, -0.25) is 0 Å². The van der Waals surface area contributed by atoms with E-state index in [0.29, 0.717) is 6.04 Å². The highest BCUT2D eigenvalue weighted by atomic mass is 15.5. The molecule has 88 valence electrons. The van der Waals surface area contributed by atoms with Crippen LogP contribution in [0.3, 0.4) is 0 Å². The summed E-state index contributed by atoms with van der Waals surface area (Å²) in [6.07, 6.45) is 6.39. The number of nitrogen functional groups attached to an aromatic ring is 2. The maximum Gasteiger partial charge on any atom is 0.240 e. The third-order valence-electron chi connectivity index (χ3n) is 3.92. The summed E-state index contributed by atoms with van der Waals surface area (Å²) < 4.78 is 1.40. The van der Waals surface area contributed by atoms with Crippen molar-refractivity contribution in [1.29, 1.82) is 0 Å². The van der Waals surface area contributed by atoms with Gasteiger partial charge in [0.2, 0.25) is 5.95 Å². The first-order chi connectivity index (χ1) is 7.75. The van der Waals surface area contributed by atoms with Crippen molar-refractivity contribution in [1.82, 2.24) is 20.2 Å². The van der Waals surface area contributed by atoms with Crippen LogP contribution in [0.2, 0.25) is 0 Å². The van der Waals surface area contributed by atoms with Crippen LogP contribution < -0.4 is 16.9 Å². The Balaban J connectivity index is 1.80. The number of anilines is 1. The second kappa shape index (κ2) is 3.62. The van der Waals surface area contributed by atoms with Crippen molar-refractivity contribution in [3.63, 3.8) is 0 Å². The van der Waals surface area contributed by atoms with Crippen LogP contribution in [-0.4, -0.2) is 20.9 Å². The molecule has 0 bridgehead atoms. The summed E-state index contributed by atoms with van der Waals surface area (Å²) >= 11 is 0. The Morgan fingerprint density at radius 3 is 2.75 bits per heavy atom. The Hall–Kier alpha value is -1.30. The molecular weight excluding hydrogens is 204 g/mol. The molecule has 1 aliphatic carbocycles. The second-order valence-electron chi connectivity index (χ2n) is 4.89. The van der Waals surface area contributed by atoms with E-state index < -0.39 is 0 Å². The van der Waals surface area contributed by atoms with Crippen LogP contribution in [0.5, 0.6) is 0 Å². The van der Waals surface area contributed by atoms with Crippen LogP contribution >= 0.6 is 0 Å². The van der Waals surface area contributed by atoms with Crippen LogP contribution in [0.4, 0.5) is 5.95 Å². The van der Waals surface area contributed by atoms with Gasteiger partial charge in [0.15, 0.2) is 5.82 Å². The lowest BCUT2D eigenvalue weighted by Gasteiger charge is -2.24. The lowest BCUT2D eigenvalue weighted by molar-refractivity contribution is 0.325. The molecule has 2 aliphatic rings. The minimum atomic E-state index is 0.225. The Bertz CT molecular complexity index is 373. The van der Waals surface area contributed by atoms with Gasteiger partial charge < -0.3 is 16.9 Å². The van der Waals surface area contributed by atoms with Crippen LogP contribution in [-0.2, 0) is 0 Å². The number of nitrogens with one attached hydrogen (secondary N) is 1. The topological polar surface area (TPSA) is 94.8 Å². The molecule has 1 aromatic rings. The Morgan fingerprint density at radius 1 is 1.25 bits per heavy atom. The molecule has 1 saturated heterocycles. The van der Waals surface area contributed by atoms with Gasteiger partial charge in [-0.05, 0) is 25.2 Å². The summed E-state index contributed by atoms with van der Waals surface area (Å²) in [6.45, 7) is 0. The molecular formula is C10H18N6. The van der Waals surface area contributed by atoms with Gasteiger partial charge >= 0.3 is 0 Å². The van der Waals surface area contributed by atoms with E-state index in [1.165, 1.54) is 30.4 Å². The maximum atomic E-state index is 5.80. The van der Waals surface area contributed by atoms with E-state index in [2.05, 4.69) is 15.5 Å². The minimum absolute atomic E-state index is 0.225. The summed E-state index contributed by atoms with van der Waals surface area (Å²) in [5.74, 6) is 7.63. The molecule has 0 aromatic carbocycles. The monoisotopic (exact) mass is 222 g/mol. The standard InChI is InChI=1S/C10H18N6/c11-10-15-14-9(16(10)12)8-5-6-3-1-2-4-7(6)13-8/h6-8,13H,1-5,12H2,(H2,11,15). The van der Waals surface area contributed by atoms with Crippen molar-refractivity contribution in [2.75, 3.05) is 11.6 Å². The fraction of sp³-hybridized carbons (Fsp3) is 0.800. The molecule has 0 amide bonds. The fourth-order valence-electron chi connectivity index (χ4n) is 3.07. The van der Waals surface area contributed by atoms with E-state index in [1.807, 2.05) is 0 Å². The van der Waals surface area contributed by atoms with Crippen molar-refractivity contribution in [2.45, 2.75) is 44.2 Å². The SMILES string of the molecule is Nc1nnc(C2CC3CCCCC3N2)n1N. The molecule has 3 rings (SSSR count). The Morgan fingerprint density at radius 2 is 2.06 bits per heavy atom. The molecule has 0 spiro atoms. The smallest absolute Gasteiger partial charge is 0.240 e. The van der Waals surface area contributed by atoms with Crippen LogP contribution in [0, 0.1) is 5.92 Å². The van der Waals surface area contributed by atoms with Crippen molar-refractivity contribution < 1.29 is 0 Å². The highest BCUT2D eigenvalue weighted by Gasteiger charge is 2.37. The highest BCUT2D eigenvalue weighted by Crippen LogP contribution is 2.38. The molecule has 3 unspecified atom stereocenters. The minimum Gasteiger partial charge on any atom is -0.366 e. The van der Waals surface area contributed by atoms with E-state index in [4.69, 9.17) is 11.6 Å².